The summed E-state index contributed by atoms with van der Waals surface area (Å²) in [5, 5.41) is 2.72. The van der Waals surface area contributed by atoms with Crippen molar-refractivity contribution in [2.75, 3.05) is 7.11 Å². The molecular weight excluding hydrogens is 379 g/mol. The van der Waals surface area contributed by atoms with Crippen LogP contribution < -0.4 is 4.74 Å². The zero-order valence-corrected chi connectivity index (χ0v) is 16.1. The quantitative estimate of drug-likeness (QED) is 0.396. The summed E-state index contributed by atoms with van der Waals surface area (Å²) in [5.74, 6) is 0.937. The van der Waals surface area contributed by atoms with Gasteiger partial charge in [-0.3, -0.25) is 0 Å². The van der Waals surface area contributed by atoms with Gasteiger partial charge in [-0.25, -0.2) is 9.97 Å². The van der Waals surface area contributed by atoms with Crippen LogP contribution in [0.2, 0.25) is 10.0 Å². The van der Waals surface area contributed by atoms with Gasteiger partial charge in [-0.15, -0.1) is 11.3 Å². The number of furan rings is 1. The highest BCUT2D eigenvalue weighted by Crippen LogP contribution is 2.42. The normalized spacial score (nSPS) is 11.8. The highest BCUT2D eigenvalue weighted by atomic mass is 35.5. The monoisotopic (exact) mass is 392 g/mol. The van der Waals surface area contributed by atoms with Crippen molar-refractivity contribution in [3.05, 3.63) is 39.4 Å². The number of nitrogens with zero attached hydrogens (tertiary/aromatic N) is 2. The van der Waals surface area contributed by atoms with Gasteiger partial charge in [0.15, 0.2) is 5.58 Å². The molecule has 1 aromatic carbocycles. The first-order valence-electron chi connectivity index (χ1n) is 7.71. The van der Waals surface area contributed by atoms with Crippen molar-refractivity contribution < 1.29 is 9.15 Å². The van der Waals surface area contributed by atoms with Crippen LogP contribution in [0.5, 0.6) is 5.75 Å². The Bertz CT molecular complexity index is 1100. The second kappa shape index (κ2) is 6.16. The Hall–Kier alpha value is -1.82. The van der Waals surface area contributed by atoms with Crippen molar-refractivity contribution in [3.63, 3.8) is 0 Å². The highest BCUT2D eigenvalue weighted by molar-refractivity contribution is 7.15. The second-order valence-corrected chi connectivity index (χ2v) is 7.79. The molecule has 0 atom stereocenters. The molecule has 0 bridgehead atoms. The third-order valence-corrected chi connectivity index (χ3v) is 5.91. The zero-order chi connectivity index (χ0) is 17.7. The maximum Gasteiger partial charge on any atom is 0.172 e. The molecular formula is C18H14Cl2N2O2S. The van der Waals surface area contributed by atoms with Gasteiger partial charge in [-0.2, -0.15) is 0 Å². The van der Waals surface area contributed by atoms with Crippen molar-refractivity contribution in [2.24, 2.45) is 0 Å². The van der Waals surface area contributed by atoms with E-state index in [-0.39, 0.29) is 0 Å². The number of benzene rings is 1. The van der Waals surface area contributed by atoms with E-state index in [2.05, 4.69) is 18.8 Å². The smallest absolute Gasteiger partial charge is 0.172 e. The summed E-state index contributed by atoms with van der Waals surface area (Å²) >= 11 is 14.5. The standard InChI is InChI=1S/C18H14Cl2N2O2S/c1-8(2)18-21-7-13(25-18)10-6-9(19)17-16(22-10)14-11(24-17)4-5-12(23-3)15(14)20/h4-8H,1-3H3. The molecule has 0 aliphatic heterocycles. The summed E-state index contributed by atoms with van der Waals surface area (Å²) in [6.45, 7) is 4.23. The van der Waals surface area contributed by atoms with E-state index in [0.717, 1.165) is 15.6 Å². The van der Waals surface area contributed by atoms with Crippen LogP contribution in [0.4, 0.5) is 0 Å². The molecule has 0 fully saturated rings. The van der Waals surface area contributed by atoms with Crippen LogP contribution in [-0.4, -0.2) is 17.1 Å². The Morgan fingerprint density at radius 3 is 2.72 bits per heavy atom. The van der Waals surface area contributed by atoms with E-state index in [0.29, 0.717) is 43.8 Å². The fourth-order valence-electron chi connectivity index (χ4n) is 2.68. The van der Waals surface area contributed by atoms with Crippen LogP contribution >= 0.6 is 34.5 Å². The Kier molecular flexibility index (Phi) is 4.10. The summed E-state index contributed by atoms with van der Waals surface area (Å²) in [6, 6.07) is 5.37. The van der Waals surface area contributed by atoms with Crippen LogP contribution in [0, 0.1) is 0 Å². The molecule has 0 saturated carbocycles. The van der Waals surface area contributed by atoms with Crippen molar-refractivity contribution in [1.29, 1.82) is 0 Å². The fourth-order valence-corrected chi connectivity index (χ4v) is 4.12. The number of rotatable bonds is 3. The van der Waals surface area contributed by atoms with E-state index in [1.54, 1.807) is 36.6 Å². The third-order valence-electron chi connectivity index (χ3n) is 3.93. The summed E-state index contributed by atoms with van der Waals surface area (Å²) in [6.07, 6.45) is 1.83. The minimum atomic E-state index is 0.367. The van der Waals surface area contributed by atoms with Crippen molar-refractivity contribution in [3.8, 4) is 16.3 Å². The summed E-state index contributed by atoms with van der Waals surface area (Å²) in [7, 11) is 1.58. The van der Waals surface area contributed by atoms with Gasteiger partial charge < -0.3 is 9.15 Å². The van der Waals surface area contributed by atoms with Gasteiger partial charge in [0.1, 0.15) is 16.8 Å². The molecule has 7 heteroatoms. The predicted molar refractivity (Wildman–Crippen MR) is 103 cm³/mol. The molecule has 4 nitrogen and oxygen atoms in total. The molecule has 4 rings (SSSR count). The van der Waals surface area contributed by atoms with Crippen molar-refractivity contribution in [2.45, 2.75) is 19.8 Å². The molecule has 25 heavy (non-hydrogen) atoms. The predicted octanol–water partition coefficient (Wildman–Crippen LogP) is 6.54. The molecule has 0 aliphatic rings. The van der Waals surface area contributed by atoms with E-state index in [9.17, 15) is 0 Å². The van der Waals surface area contributed by atoms with Gasteiger partial charge in [0.2, 0.25) is 0 Å². The maximum atomic E-state index is 6.48. The SMILES string of the molecule is COc1ccc2oc3c(Cl)cc(-c4cnc(C(C)C)s4)nc3c2c1Cl. The number of halogens is 2. The van der Waals surface area contributed by atoms with Crippen LogP contribution in [0.25, 0.3) is 32.6 Å². The van der Waals surface area contributed by atoms with Crippen LogP contribution in [0.1, 0.15) is 24.8 Å². The first kappa shape index (κ1) is 16.6. The number of pyridine rings is 1. The molecule has 0 amide bonds. The Morgan fingerprint density at radius 1 is 1.24 bits per heavy atom. The van der Waals surface area contributed by atoms with Crippen LogP contribution in [0.3, 0.4) is 0 Å². The number of aromatic nitrogens is 2. The molecule has 0 unspecified atom stereocenters. The summed E-state index contributed by atoms with van der Waals surface area (Å²) in [5.41, 5.74) is 2.52. The minimum absolute atomic E-state index is 0.367. The first-order chi connectivity index (χ1) is 12.0. The second-order valence-electron chi connectivity index (χ2n) is 5.94. The molecule has 0 radical (unpaired) electrons. The average molecular weight is 393 g/mol. The Balaban J connectivity index is 2.00. The van der Waals surface area contributed by atoms with Crippen LogP contribution in [-0.2, 0) is 0 Å². The maximum absolute atomic E-state index is 6.48. The number of thiazole rings is 1. The molecule has 0 saturated heterocycles. The molecule has 0 spiro atoms. The number of methoxy groups -OCH3 is 1. The lowest BCUT2D eigenvalue weighted by atomic mass is 10.2. The number of hydrogen-bond acceptors (Lipinski definition) is 5. The molecule has 4 aromatic rings. The highest BCUT2D eigenvalue weighted by Gasteiger charge is 2.19. The first-order valence-corrected chi connectivity index (χ1v) is 9.28. The third kappa shape index (κ3) is 2.67. The van der Waals surface area contributed by atoms with Gasteiger partial charge in [0, 0.05) is 12.1 Å². The van der Waals surface area contributed by atoms with Crippen molar-refractivity contribution in [1.82, 2.24) is 9.97 Å². The van der Waals surface area contributed by atoms with Gasteiger partial charge in [0.05, 0.1) is 38.1 Å². The largest absolute Gasteiger partial charge is 0.495 e. The molecule has 3 aromatic heterocycles. The van der Waals surface area contributed by atoms with Crippen molar-refractivity contribution >= 4 is 56.6 Å². The Morgan fingerprint density at radius 2 is 2.04 bits per heavy atom. The lowest BCUT2D eigenvalue weighted by molar-refractivity contribution is 0.415. The lowest BCUT2D eigenvalue weighted by Crippen LogP contribution is -1.85. The van der Waals surface area contributed by atoms with E-state index in [1.165, 1.54) is 0 Å². The molecule has 0 aliphatic carbocycles. The Labute approximate surface area is 158 Å². The van der Waals surface area contributed by atoms with Crippen LogP contribution in [0.15, 0.2) is 28.8 Å². The van der Waals surface area contributed by atoms with Gasteiger partial charge in [0.25, 0.3) is 0 Å². The number of hydrogen-bond donors (Lipinski definition) is 0. The topological polar surface area (TPSA) is 48.2 Å². The van der Waals surface area contributed by atoms with E-state index >= 15 is 0 Å². The van der Waals surface area contributed by atoms with E-state index in [4.69, 9.17) is 37.3 Å². The van der Waals surface area contributed by atoms with E-state index < -0.39 is 0 Å². The summed E-state index contributed by atoms with van der Waals surface area (Å²) in [4.78, 5) is 10.2. The molecule has 3 heterocycles. The molecule has 0 N–H and O–H groups in total. The lowest BCUT2D eigenvalue weighted by Gasteiger charge is -2.03. The van der Waals surface area contributed by atoms with E-state index in [1.807, 2.05) is 6.20 Å². The molecule has 128 valence electrons. The fraction of sp³-hybridized carbons (Fsp3) is 0.222. The average Bonchev–Trinajstić information content (AvgIpc) is 3.20. The summed E-state index contributed by atoms with van der Waals surface area (Å²) < 4.78 is 11.2. The minimum Gasteiger partial charge on any atom is -0.495 e. The number of ether oxygens (including phenoxy) is 1. The zero-order valence-electron chi connectivity index (χ0n) is 13.8. The van der Waals surface area contributed by atoms with Gasteiger partial charge in [-0.05, 0) is 18.2 Å². The van der Waals surface area contributed by atoms with Gasteiger partial charge in [-0.1, -0.05) is 37.0 Å². The number of fused-ring (bicyclic) bond motifs is 3. The van der Waals surface area contributed by atoms with Gasteiger partial charge >= 0.3 is 0 Å².